The molecule has 0 fully saturated rings. The molecule has 0 bridgehead atoms. The van der Waals surface area contributed by atoms with Crippen LogP contribution in [-0.2, 0) is 22.7 Å². The molecule has 0 aromatic heterocycles. The summed E-state index contributed by atoms with van der Waals surface area (Å²) in [5.74, 6) is -0.908. The van der Waals surface area contributed by atoms with Crippen molar-refractivity contribution in [3.8, 4) is 0 Å². The number of fused-ring (bicyclic) bond motifs is 1. The van der Waals surface area contributed by atoms with Crippen LogP contribution in [-0.4, -0.2) is 23.7 Å². The first-order chi connectivity index (χ1) is 12.2. The van der Waals surface area contributed by atoms with Gasteiger partial charge in [0.1, 0.15) is 6.04 Å². The van der Waals surface area contributed by atoms with Crippen LogP contribution < -0.4 is 5.32 Å². The number of hydrogen-bond donors (Lipinski definition) is 2. The van der Waals surface area contributed by atoms with Gasteiger partial charge >= 0.3 is 5.97 Å². The molecule has 25 heavy (non-hydrogen) atoms. The molecule has 1 atom stereocenters. The highest BCUT2D eigenvalue weighted by atomic mass is 16.5. The van der Waals surface area contributed by atoms with Crippen molar-refractivity contribution >= 4 is 16.7 Å². The summed E-state index contributed by atoms with van der Waals surface area (Å²) in [7, 11) is 0. The van der Waals surface area contributed by atoms with E-state index >= 15 is 0 Å². The number of benzene rings is 3. The third-order valence-corrected chi connectivity index (χ3v) is 4.06. The number of nitrogens with one attached hydrogen (secondary N) is 1. The third kappa shape index (κ3) is 4.89. The maximum Gasteiger partial charge on any atom is 0.323 e. The van der Waals surface area contributed by atoms with Crippen LogP contribution >= 0.6 is 0 Å². The summed E-state index contributed by atoms with van der Waals surface area (Å²) in [6, 6.07) is 23.2. The topological polar surface area (TPSA) is 58.6 Å². The number of aliphatic carboxylic acids is 1. The Morgan fingerprint density at radius 1 is 0.920 bits per heavy atom. The highest BCUT2D eigenvalue weighted by Crippen LogP contribution is 2.15. The first kappa shape index (κ1) is 17.1. The molecule has 0 aliphatic rings. The van der Waals surface area contributed by atoms with E-state index in [4.69, 9.17) is 4.74 Å². The van der Waals surface area contributed by atoms with Gasteiger partial charge in [-0.3, -0.25) is 10.1 Å². The van der Waals surface area contributed by atoms with E-state index in [1.165, 1.54) is 5.39 Å². The van der Waals surface area contributed by atoms with E-state index in [1.807, 2.05) is 54.6 Å². The van der Waals surface area contributed by atoms with Crippen LogP contribution in [0.4, 0.5) is 0 Å². The minimum Gasteiger partial charge on any atom is -0.480 e. The molecule has 4 nitrogen and oxygen atoms in total. The minimum absolute atomic E-state index is 0.123. The second-order valence-corrected chi connectivity index (χ2v) is 5.95. The van der Waals surface area contributed by atoms with E-state index in [-0.39, 0.29) is 6.61 Å². The van der Waals surface area contributed by atoms with Crippen LogP contribution in [0.1, 0.15) is 11.1 Å². The van der Waals surface area contributed by atoms with E-state index in [0.717, 1.165) is 16.5 Å². The molecular weight excluding hydrogens is 314 g/mol. The van der Waals surface area contributed by atoms with Crippen molar-refractivity contribution in [2.75, 3.05) is 6.61 Å². The second-order valence-electron chi connectivity index (χ2n) is 5.95. The van der Waals surface area contributed by atoms with E-state index in [2.05, 4.69) is 23.5 Å². The molecule has 2 N–H and O–H groups in total. The first-order valence-corrected chi connectivity index (χ1v) is 8.28. The zero-order chi connectivity index (χ0) is 17.5. The summed E-state index contributed by atoms with van der Waals surface area (Å²) in [5.41, 5.74) is 2.08. The quantitative estimate of drug-likeness (QED) is 0.660. The zero-order valence-electron chi connectivity index (χ0n) is 13.9. The van der Waals surface area contributed by atoms with Crippen LogP contribution in [0.15, 0.2) is 72.8 Å². The van der Waals surface area contributed by atoms with Gasteiger partial charge < -0.3 is 9.84 Å². The second kappa shape index (κ2) is 8.42. The molecule has 0 aliphatic heterocycles. The lowest BCUT2D eigenvalue weighted by Gasteiger charge is -2.15. The summed E-state index contributed by atoms with van der Waals surface area (Å²) in [6.07, 6.45) is 0. The van der Waals surface area contributed by atoms with Gasteiger partial charge in [0, 0.05) is 6.54 Å². The molecule has 4 heteroatoms. The minimum atomic E-state index is -0.908. The molecule has 0 saturated heterocycles. The fraction of sp³-hybridized carbons (Fsp3) is 0.190. The molecule has 0 aliphatic carbocycles. The molecular formula is C21H21NO3. The molecule has 3 rings (SSSR count). The Kier molecular flexibility index (Phi) is 5.77. The number of carboxylic acids is 1. The van der Waals surface area contributed by atoms with Crippen LogP contribution in [0.3, 0.4) is 0 Å². The summed E-state index contributed by atoms with van der Waals surface area (Å²) >= 11 is 0. The molecule has 0 heterocycles. The Morgan fingerprint density at radius 2 is 1.64 bits per heavy atom. The van der Waals surface area contributed by atoms with Crippen molar-refractivity contribution < 1.29 is 14.6 Å². The molecule has 128 valence electrons. The van der Waals surface area contributed by atoms with Crippen molar-refractivity contribution in [2.24, 2.45) is 0 Å². The van der Waals surface area contributed by atoms with Gasteiger partial charge in [-0.05, 0) is 28.0 Å². The smallest absolute Gasteiger partial charge is 0.323 e. The van der Waals surface area contributed by atoms with Gasteiger partial charge in [0.25, 0.3) is 0 Å². The van der Waals surface area contributed by atoms with Gasteiger partial charge in [-0.1, -0.05) is 66.7 Å². The molecule has 0 amide bonds. The normalized spacial score (nSPS) is 12.2. The average Bonchev–Trinajstić information content (AvgIpc) is 2.65. The summed E-state index contributed by atoms with van der Waals surface area (Å²) in [4.78, 5) is 11.4. The monoisotopic (exact) mass is 335 g/mol. The van der Waals surface area contributed by atoms with Crippen LogP contribution in [0.5, 0.6) is 0 Å². The molecule has 0 spiro atoms. The fourth-order valence-corrected chi connectivity index (χ4v) is 2.68. The lowest BCUT2D eigenvalue weighted by Crippen LogP contribution is -2.40. The van der Waals surface area contributed by atoms with E-state index in [1.54, 1.807) is 0 Å². The maximum atomic E-state index is 11.4. The van der Waals surface area contributed by atoms with Crippen LogP contribution in [0, 0.1) is 0 Å². The van der Waals surface area contributed by atoms with Crippen molar-refractivity contribution in [3.63, 3.8) is 0 Å². The summed E-state index contributed by atoms with van der Waals surface area (Å²) in [5, 5.41) is 14.8. The van der Waals surface area contributed by atoms with E-state index in [0.29, 0.717) is 13.2 Å². The number of rotatable bonds is 8. The Hall–Kier alpha value is -2.69. The maximum absolute atomic E-state index is 11.4. The number of carboxylic acid groups (broad SMARTS) is 1. The highest BCUT2D eigenvalue weighted by molar-refractivity contribution is 5.83. The molecule has 0 radical (unpaired) electrons. The molecule has 0 unspecified atom stereocenters. The number of carbonyl (C=O) groups is 1. The predicted octanol–water partition coefficient (Wildman–Crippen LogP) is 3.60. The standard InChI is InChI=1S/C21H21NO3/c23-21(24)20(15-25-14-16-6-2-1-3-7-16)22-13-17-10-11-18-8-4-5-9-19(18)12-17/h1-12,20,22H,13-15H2,(H,23,24)/t20-/m1/s1. The Morgan fingerprint density at radius 3 is 2.40 bits per heavy atom. The number of hydrogen-bond acceptors (Lipinski definition) is 3. The van der Waals surface area contributed by atoms with Crippen LogP contribution in [0.25, 0.3) is 10.8 Å². The van der Waals surface area contributed by atoms with Gasteiger partial charge in [0.15, 0.2) is 0 Å². The van der Waals surface area contributed by atoms with Gasteiger partial charge in [-0.25, -0.2) is 0 Å². The highest BCUT2D eigenvalue weighted by Gasteiger charge is 2.17. The lowest BCUT2D eigenvalue weighted by molar-refractivity contribution is -0.141. The van der Waals surface area contributed by atoms with Crippen molar-refractivity contribution in [2.45, 2.75) is 19.2 Å². The van der Waals surface area contributed by atoms with Crippen LogP contribution in [0.2, 0.25) is 0 Å². The Balaban J connectivity index is 1.54. The largest absolute Gasteiger partial charge is 0.480 e. The summed E-state index contributed by atoms with van der Waals surface area (Å²) in [6.45, 7) is 1.01. The van der Waals surface area contributed by atoms with Crippen molar-refractivity contribution in [1.29, 1.82) is 0 Å². The molecule has 3 aromatic carbocycles. The Bertz CT molecular complexity index is 833. The van der Waals surface area contributed by atoms with Gasteiger partial charge in [-0.2, -0.15) is 0 Å². The first-order valence-electron chi connectivity index (χ1n) is 8.28. The fourth-order valence-electron chi connectivity index (χ4n) is 2.68. The Labute approximate surface area is 147 Å². The van der Waals surface area contributed by atoms with Gasteiger partial charge in [-0.15, -0.1) is 0 Å². The zero-order valence-corrected chi connectivity index (χ0v) is 13.9. The molecule has 0 saturated carbocycles. The van der Waals surface area contributed by atoms with Gasteiger partial charge in [0.05, 0.1) is 13.2 Å². The third-order valence-electron chi connectivity index (χ3n) is 4.06. The van der Waals surface area contributed by atoms with Crippen molar-refractivity contribution in [3.05, 3.63) is 83.9 Å². The number of ether oxygens (including phenoxy) is 1. The predicted molar refractivity (Wildman–Crippen MR) is 98.3 cm³/mol. The summed E-state index contributed by atoms with van der Waals surface area (Å²) < 4.78 is 5.56. The van der Waals surface area contributed by atoms with E-state index in [9.17, 15) is 9.90 Å². The van der Waals surface area contributed by atoms with Gasteiger partial charge in [0.2, 0.25) is 0 Å². The van der Waals surface area contributed by atoms with E-state index < -0.39 is 12.0 Å². The lowest BCUT2D eigenvalue weighted by atomic mass is 10.1. The van der Waals surface area contributed by atoms with Crippen molar-refractivity contribution in [1.82, 2.24) is 5.32 Å². The average molecular weight is 335 g/mol. The SMILES string of the molecule is O=C(O)[C@@H](COCc1ccccc1)NCc1ccc2ccccc2c1. The molecule has 3 aromatic rings.